The Morgan fingerprint density at radius 1 is 1.32 bits per heavy atom. The minimum absolute atomic E-state index is 0.0611. The number of ketones is 1. The minimum atomic E-state index is -0.467. The second-order valence-corrected chi connectivity index (χ2v) is 8.71. The van der Waals surface area contributed by atoms with Crippen molar-refractivity contribution in [2.45, 2.75) is 33.2 Å². The number of Topliss-reactive ketones (excluding diaryl/α,β-unsaturated/α-hetero) is 1. The Bertz CT molecular complexity index is 1020. The smallest absolute Gasteiger partial charge is 0.171 e. The molecule has 2 aromatic heterocycles. The lowest BCUT2D eigenvalue weighted by atomic mass is 9.87. The van der Waals surface area contributed by atoms with Crippen LogP contribution in [0.15, 0.2) is 36.7 Å². The average molecular weight is 377 g/mol. The molecule has 6 heteroatoms. The van der Waals surface area contributed by atoms with E-state index in [9.17, 15) is 4.79 Å². The fraction of sp³-hybridized carbons (Fsp3) is 0.409. The Kier molecular flexibility index (Phi) is 4.67. The molecule has 3 aromatic rings. The van der Waals surface area contributed by atoms with Crippen LogP contribution in [0.5, 0.6) is 0 Å². The van der Waals surface area contributed by atoms with Gasteiger partial charge in [-0.2, -0.15) is 0 Å². The van der Waals surface area contributed by atoms with E-state index < -0.39 is 5.41 Å². The maximum atomic E-state index is 12.8. The number of likely N-dealkylation sites (N-methyl/N-ethyl adjacent to an activating group) is 1. The van der Waals surface area contributed by atoms with Gasteiger partial charge in [0.1, 0.15) is 5.52 Å². The summed E-state index contributed by atoms with van der Waals surface area (Å²) in [6, 6.07) is 8.71. The third-order valence-electron chi connectivity index (χ3n) is 5.23. The summed E-state index contributed by atoms with van der Waals surface area (Å²) < 4.78 is 0. The van der Waals surface area contributed by atoms with Gasteiger partial charge in [0.2, 0.25) is 0 Å². The number of hydrogen-bond acceptors (Lipinski definition) is 5. The number of hydrogen-bond donors (Lipinski definition) is 2. The molecule has 1 aliphatic heterocycles. The SMILES string of the molecule is CN1CCC(Nc2cccc(-c3cnc4[nH]cc(C(=O)C(C)(C)C)c4n3)c2)C1. The van der Waals surface area contributed by atoms with E-state index in [4.69, 9.17) is 4.98 Å². The number of rotatable bonds is 4. The highest BCUT2D eigenvalue weighted by Gasteiger charge is 2.26. The first-order chi connectivity index (χ1) is 13.3. The fourth-order valence-electron chi connectivity index (χ4n) is 3.66. The Labute approximate surface area is 165 Å². The van der Waals surface area contributed by atoms with E-state index in [2.05, 4.69) is 39.4 Å². The summed E-state index contributed by atoms with van der Waals surface area (Å²) >= 11 is 0. The van der Waals surface area contributed by atoms with Crippen molar-refractivity contribution in [1.29, 1.82) is 0 Å². The molecule has 0 aliphatic carbocycles. The average Bonchev–Trinajstić information content (AvgIpc) is 3.26. The zero-order valence-corrected chi connectivity index (χ0v) is 16.9. The van der Waals surface area contributed by atoms with E-state index in [-0.39, 0.29) is 5.78 Å². The molecule has 1 atom stereocenters. The molecule has 4 rings (SSSR count). The maximum absolute atomic E-state index is 12.8. The lowest BCUT2D eigenvalue weighted by molar-refractivity contribution is 0.0860. The molecule has 0 bridgehead atoms. The second-order valence-electron chi connectivity index (χ2n) is 8.71. The predicted octanol–water partition coefficient (Wildman–Crippen LogP) is 3.97. The van der Waals surface area contributed by atoms with Gasteiger partial charge in [-0.15, -0.1) is 0 Å². The number of aromatic nitrogens is 3. The highest BCUT2D eigenvalue weighted by molar-refractivity contribution is 6.08. The van der Waals surface area contributed by atoms with Gasteiger partial charge in [0.25, 0.3) is 0 Å². The molecule has 0 spiro atoms. The van der Waals surface area contributed by atoms with Gasteiger partial charge in [-0.3, -0.25) is 4.79 Å². The summed E-state index contributed by atoms with van der Waals surface area (Å²) in [5, 5.41) is 3.61. The molecule has 1 saturated heterocycles. The standard InChI is InChI=1S/C22H27N5O/c1-22(2,3)20(28)17-11-23-21-19(17)26-18(12-24-21)14-6-5-7-15(10-14)25-16-8-9-27(4)13-16/h5-7,10-12,16,25H,8-9,13H2,1-4H3,(H,23,24). The number of anilines is 1. The number of benzene rings is 1. The molecule has 28 heavy (non-hydrogen) atoms. The number of fused-ring (bicyclic) bond motifs is 1. The summed E-state index contributed by atoms with van der Waals surface area (Å²) in [6.45, 7) is 7.93. The third-order valence-corrected chi connectivity index (χ3v) is 5.23. The number of H-pyrrole nitrogens is 1. The summed E-state index contributed by atoms with van der Waals surface area (Å²) in [7, 11) is 2.15. The summed E-state index contributed by atoms with van der Waals surface area (Å²) in [5.41, 5.74) is 4.24. The summed E-state index contributed by atoms with van der Waals surface area (Å²) in [6.07, 6.45) is 4.62. The summed E-state index contributed by atoms with van der Waals surface area (Å²) in [5.74, 6) is 0.0611. The largest absolute Gasteiger partial charge is 0.381 e. The van der Waals surface area contributed by atoms with Crippen LogP contribution in [0.3, 0.4) is 0 Å². The van der Waals surface area contributed by atoms with Crippen LogP contribution in [0.1, 0.15) is 37.6 Å². The number of aromatic amines is 1. The van der Waals surface area contributed by atoms with Crippen molar-refractivity contribution in [3.8, 4) is 11.3 Å². The van der Waals surface area contributed by atoms with Gasteiger partial charge in [-0.1, -0.05) is 32.9 Å². The number of likely N-dealkylation sites (tertiary alicyclic amines) is 1. The van der Waals surface area contributed by atoms with Gasteiger partial charge >= 0.3 is 0 Å². The monoisotopic (exact) mass is 377 g/mol. The van der Waals surface area contributed by atoms with Crippen LogP contribution < -0.4 is 5.32 Å². The quantitative estimate of drug-likeness (QED) is 0.673. The van der Waals surface area contributed by atoms with Crippen LogP contribution in [0.4, 0.5) is 5.69 Å². The topological polar surface area (TPSA) is 73.9 Å². The molecule has 3 heterocycles. The van der Waals surface area contributed by atoms with Gasteiger partial charge in [0, 0.05) is 35.4 Å². The van der Waals surface area contributed by atoms with Crippen LogP contribution in [0.2, 0.25) is 0 Å². The molecule has 1 fully saturated rings. The van der Waals surface area contributed by atoms with E-state index in [0.717, 1.165) is 36.5 Å². The first-order valence-electron chi connectivity index (χ1n) is 9.76. The van der Waals surface area contributed by atoms with Crippen LogP contribution >= 0.6 is 0 Å². The molecule has 0 amide bonds. The van der Waals surface area contributed by atoms with Crippen LogP contribution in [0.25, 0.3) is 22.4 Å². The van der Waals surface area contributed by atoms with E-state index in [1.54, 1.807) is 12.4 Å². The highest BCUT2D eigenvalue weighted by Crippen LogP contribution is 2.28. The van der Waals surface area contributed by atoms with Crippen LogP contribution in [0, 0.1) is 5.41 Å². The first-order valence-corrected chi connectivity index (χ1v) is 9.76. The normalized spacial score (nSPS) is 17.9. The van der Waals surface area contributed by atoms with Gasteiger partial charge in [-0.25, -0.2) is 9.97 Å². The number of nitrogens with zero attached hydrogens (tertiary/aromatic N) is 3. The molecule has 0 radical (unpaired) electrons. The zero-order valence-electron chi connectivity index (χ0n) is 16.9. The van der Waals surface area contributed by atoms with Crippen molar-refractivity contribution in [3.63, 3.8) is 0 Å². The lowest BCUT2D eigenvalue weighted by Gasteiger charge is -2.16. The van der Waals surface area contributed by atoms with Crippen molar-refractivity contribution in [3.05, 3.63) is 42.2 Å². The van der Waals surface area contributed by atoms with E-state index >= 15 is 0 Å². The second kappa shape index (κ2) is 7.02. The minimum Gasteiger partial charge on any atom is -0.381 e. The van der Waals surface area contributed by atoms with E-state index in [0.29, 0.717) is 22.8 Å². The first kappa shape index (κ1) is 18.6. The highest BCUT2D eigenvalue weighted by atomic mass is 16.1. The number of carbonyl (C=O) groups is 1. The molecule has 6 nitrogen and oxygen atoms in total. The number of nitrogens with one attached hydrogen (secondary N) is 2. The predicted molar refractivity (Wildman–Crippen MR) is 113 cm³/mol. The molecule has 1 aliphatic rings. The van der Waals surface area contributed by atoms with Crippen molar-refractivity contribution < 1.29 is 4.79 Å². The molecule has 1 aromatic carbocycles. The van der Waals surface area contributed by atoms with Crippen molar-refractivity contribution in [1.82, 2.24) is 19.9 Å². The van der Waals surface area contributed by atoms with Crippen molar-refractivity contribution in [2.75, 3.05) is 25.5 Å². The van der Waals surface area contributed by atoms with E-state index in [1.807, 2.05) is 32.9 Å². The molecule has 1 unspecified atom stereocenters. The Morgan fingerprint density at radius 2 is 2.14 bits per heavy atom. The van der Waals surface area contributed by atoms with Gasteiger partial charge in [0.05, 0.1) is 17.5 Å². The number of carbonyl (C=O) groups excluding carboxylic acids is 1. The van der Waals surface area contributed by atoms with Crippen molar-refractivity contribution in [2.24, 2.45) is 5.41 Å². The van der Waals surface area contributed by atoms with Crippen LogP contribution in [-0.2, 0) is 0 Å². The van der Waals surface area contributed by atoms with Gasteiger partial charge < -0.3 is 15.2 Å². The molecule has 146 valence electrons. The van der Waals surface area contributed by atoms with Crippen molar-refractivity contribution >= 4 is 22.6 Å². The molecular weight excluding hydrogens is 350 g/mol. The molecule has 2 N–H and O–H groups in total. The Hall–Kier alpha value is -2.73. The summed E-state index contributed by atoms with van der Waals surface area (Å²) in [4.78, 5) is 27.4. The Balaban J connectivity index is 1.66. The lowest BCUT2D eigenvalue weighted by Crippen LogP contribution is -2.23. The third kappa shape index (κ3) is 3.64. The van der Waals surface area contributed by atoms with Crippen LogP contribution in [-0.4, -0.2) is 51.8 Å². The fourth-order valence-corrected chi connectivity index (χ4v) is 3.66. The Morgan fingerprint density at radius 3 is 2.86 bits per heavy atom. The molecule has 0 saturated carbocycles. The molecular formula is C22H27N5O. The zero-order chi connectivity index (χ0) is 19.9. The van der Waals surface area contributed by atoms with Gasteiger partial charge in [0.15, 0.2) is 11.4 Å². The maximum Gasteiger partial charge on any atom is 0.171 e. The van der Waals surface area contributed by atoms with Gasteiger partial charge in [-0.05, 0) is 32.1 Å². The van der Waals surface area contributed by atoms with E-state index in [1.165, 1.54) is 0 Å².